The quantitative estimate of drug-likeness (QED) is 0.440. The van der Waals surface area contributed by atoms with Gasteiger partial charge in [0.15, 0.2) is 13.2 Å². The zero-order chi connectivity index (χ0) is 24.2. The summed E-state index contributed by atoms with van der Waals surface area (Å²) in [6, 6.07) is 7.81. The zero-order valence-electron chi connectivity index (χ0n) is 16.2. The van der Waals surface area contributed by atoms with Gasteiger partial charge in [0.25, 0.3) is 15.9 Å². The van der Waals surface area contributed by atoms with E-state index in [1.807, 2.05) is 0 Å². The highest BCUT2D eigenvalue weighted by molar-refractivity contribution is 7.89. The van der Waals surface area contributed by atoms with Gasteiger partial charge in [-0.25, -0.2) is 8.42 Å². The number of benzene rings is 2. The normalized spacial score (nSPS) is 12.3. The summed E-state index contributed by atoms with van der Waals surface area (Å²) in [5.41, 5.74) is 1.84. The summed E-state index contributed by atoms with van der Waals surface area (Å²) in [6.45, 7) is -1.82. The summed E-state index contributed by atoms with van der Waals surface area (Å²) >= 11 is 0. The minimum Gasteiger partial charge on any atom is -0.484 e. The molecule has 0 heterocycles. The van der Waals surface area contributed by atoms with Crippen LogP contribution in [0, 0.1) is 6.92 Å². The highest BCUT2D eigenvalue weighted by Gasteiger charge is 2.31. The third-order valence-electron chi connectivity index (χ3n) is 3.62. The van der Waals surface area contributed by atoms with Crippen molar-refractivity contribution in [3.63, 3.8) is 0 Å². The number of sulfonamides is 1. The predicted octanol–water partition coefficient (Wildman–Crippen LogP) is 3.50. The molecule has 0 aliphatic rings. The van der Waals surface area contributed by atoms with Gasteiger partial charge in [-0.15, -0.1) is 4.83 Å². The lowest BCUT2D eigenvalue weighted by molar-refractivity contribution is -0.154. The topological polar surface area (TPSA) is 93.7 Å². The SMILES string of the molecule is Cc1ccc(S(=O)(=O)NNC(=O)c2cc(OCC(F)(F)F)ccc2OCC(F)(F)F)cc1. The largest absolute Gasteiger partial charge is 0.484 e. The lowest BCUT2D eigenvalue weighted by Gasteiger charge is -2.16. The lowest BCUT2D eigenvalue weighted by atomic mass is 10.2. The first-order valence-electron chi connectivity index (χ1n) is 8.58. The van der Waals surface area contributed by atoms with Crippen molar-refractivity contribution in [1.29, 1.82) is 0 Å². The maximum Gasteiger partial charge on any atom is 0.422 e. The van der Waals surface area contributed by atoms with Crippen molar-refractivity contribution in [2.24, 2.45) is 0 Å². The van der Waals surface area contributed by atoms with Gasteiger partial charge in [0.05, 0.1) is 10.5 Å². The van der Waals surface area contributed by atoms with Crippen LogP contribution in [0.2, 0.25) is 0 Å². The molecule has 0 aliphatic carbocycles. The lowest BCUT2D eigenvalue weighted by Crippen LogP contribution is -2.41. The number of halogens is 6. The van der Waals surface area contributed by atoms with Gasteiger partial charge < -0.3 is 9.47 Å². The summed E-state index contributed by atoms with van der Waals surface area (Å²) in [7, 11) is -4.25. The van der Waals surface area contributed by atoms with Crippen molar-refractivity contribution in [3.05, 3.63) is 53.6 Å². The van der Waals surface area contributed by atoms with Crippen LogP contribution in [0.25, 0.3) is 0 Å². The van der Waals surface area contributed by atoms with Crippen molar-refractivity contribution in [2.45, 2.75) is 24.2 Å². The van der Waals surface area contributed by atoms with Crippen molar-refractivity contribution < 1.29 is 49.0 Å². The summed E-state index contributed by atoms with van der Waals surface area (Å²) < 4.78 is 108. The molecule has 2 rings (SSSR count). The Morgan fingerprint density at radius 1 is 0.906 bits per heavy atom. The smallest absolute Gasteiger partial charge is 0.422 e. The summed E-state index contributed by atoms with van der Waals surface area (Å²) in [6.07, 6.45) is -9.48. The van der Waals surface area contributed by atoms with E-state index in [-0.39, 0.29) is 4.90 Å². The number of aryl methyl sites for hydroxylation is 1. The molecule has 7 nitrogen and oxygen atoms in total. The van der Waals surface area contributed by atoms with E-state index >= 15 is 0 Å². The van der Waals surface area contributed by atoms with Crippen LogP contribution < -0.4 is 19.7 Å². The number of amides is 1. The maximum absolute atomic E-state index is 12.5. The Morgan fingerprint density at radius 2 is 1.47 bits per heavy atom. The monoisotopic (exact) mass is 486 g/mol. The van der Waals surface area contributed by atoms with E-state index in [4.69, 9.17) is 0 Å². The first kappa shape index (κ1) is 25.3. The van der Waals surface area contributed by atoms with Gasteiger partial charge in [-0.1, -0.05) is 17.7 Å². The first-order valence-corrected chi connectivity index (χ1v) is 10.1. The van der Waals surface area contributed by atoms with E-state index in [0.717, 1.165) is 17.7 Å². The number of carbonyl (C=O) groups excluding carboxylic acids is 1. The Bertz CT molecular complexity index is 1050. The second-order valence-electron chi connectivity index (χ2n) is 6.34. The molecule has 0 radical (unpaired) electrons. The molecule has 0 atom stereocenters. The molecule has 0 spiro atoms. The third kappa shape index (κ3) is 7.92. The van der Waals surface area contributed by atoms with Crippen LogP contribution in [-0.2, 0) is 10.0 Å². The summed E-state index contributed by atoms with van der Waals surface area (Å²) in [5, 5.41) is 0. The van der Waals surface area contributed by atoms with Gasteiger partial charge in [-0.3, -0.25) is 10.2 Å². The van der Waals surface area contributed by atoms with Crippen molar-refractivity contribution in [3.8, 4) is 11.5 Å². The van der Waals surface area contributed by atoms with Gasteiger partial charge >= 0.3 is 12.4 Å². The first-order chi connectivity index (χ1) is 14.7. The van der Waals surface area contributed by atoms with E-state index in [1.165, 1.54) is 24.3 Å². The molecule has 1 amide bonds. The summed E-state index contributed by atoms with van der Waals surface area (Å²) in [4.78, 5) is 13.9. The molecule has 0 aliphatic heterocycles. The van der Waals surface area contributed by atoms with Gasteiger partial charge in [0, 0.05) is 0 Å². The van der Waals surface area contributed by atoms with E-state index in [1.54, 1.807) is 17.2 Å². The Labute approximate surface area is 178 Å². The number of alkyl halides is 6. The van der Waals surface area contributed by atoms with Crippen LogP contribution in [0.3, 0.4) is 0 Å². The second kappa shape index (κ2) is 9.65. The fourth-order valence-electron chi connectivity index (χ4n) is 2.18. The fourth-order valence-corrected chi connectivity index (χ4v) is 3.02. The average molecular weight is 486 g/mol. The second-order valence-corrected chi connectivity index (χ2v) is 8.02. The molecule has 0 bridgehead atoms. The van der Waals surface area contributed by atoms with Crippen molar-refractivity contribution >= 4 is 15.9 Å². The van der Waals surface area contributed by atoms with Crippen LogP contribution in [0.1, 0.15) is 15.9 Å². The third-order valence-corrected chi connectivity index (χ3v) is 4.88. The number of ether oxygens (including phenoxy) is 2. The minimum absolute atomic E-state index is 0.223. The highest BCUT2D eigenvalue weighted by atomic mass is 32.2. The Balaban J connectivity index is 2.23. The maximum atomic E-state index is 12.5. The van der Waals surface area contributed by atoms with E-state index < -0.39 is 58.6 Å². The molecule has 0 fully saturated rings. The molecule has 0 unspecified atom stereocenters. The van der Waals surface area contributed by atoms with E-state index in [9.17, 15) is 39.6 Å². The van der Waals surface area contributed by atoms with Crippen LogP contribution in [-0.4, -0.2) is 39.9 Å². The molecule has 14 heteroatoms. The molecule has 0 aromatic heterocycles. The molecule has 176 valence electrons. The molecule has 32 heavy (non-hydrogen) atoms. The van der Waals surface area contributed by atoms with Gasteiger partial charge in [0.1, 0.15) is 11.5 Å². The van der Waals surface area contributed by atoms with Crippen LogP contribution in [0.5, 0.6) is 11.5 Å². The zero-order valence-corrected chi connectivity index (χ0v) is 17.0. The molecular formula is C18H16F6N2O5S. The number of hydrazine groups is 1. The molecule has 2 aromatic rings. The number of hydrogen-bond acceptors (Lipinski definition) is 5. The predicted molar refractivity (Wildman–Crippen MR) is 98.5 cm³/mol. The number of rotatable bonds is 8. The molecule has 0 saturated carbocycles. The summed E-state index contributed by atoms with van der Waals surface area (Å²) in [5.74, 6) is -2.46. The van der Waals surface area contributed by atoms with Crippen LogP contribution in [0.15, 0.2) is 47.4 Å². The number of hydrogen-bond donors (Lipinski definition) is 2. The fraction of sp³-hybridized carbons (Fsp3) is 0.278. The van der Waals surface area contributed by atoms with Crippen molar-refractivity contribution in [1.82, 2.24) is 10.3 Å². The minimum atomic E-state index is -4.77. The van der Waals surface area contributed by atoms with Gasteiger partial charge in [0.2, 0.25) is 0 Å². The van der Waals surface area contributed by atoms with Gasteiger partial charge in [-0.05, 0) is 37.3 Å². The molecule has 2 aromatic carbocycles. The van der Waals surface area contributed by atoms with Gasteiger partial charge in [-0.2, -0.15) is 26.3 Å². The van der Waals surface area contributed by atoms with Crippen LogP contribution >= 0.6 is 0 Å². The Hall–Kier alpha value is -3.00. The average Bonchev–Trinajstić information content (AvgIpc) is 2.68. The van der Waals surface area contributed by atoms with Crippen LogP contribution in [0.4, 0.5) is 26.3 Å². The Morgan fingerprint density at radius 3 is 2.03 bits per heavy atom. The molecule has 0 saturated heterocycles. The van der Waals surface area contributed by atoms with E-state index in [0.29, 0.717) is 6.07 Å². The molecular weight excluding hydrogens is 470 g/mol. The standard InChI is InChI=1S/C18H16F6N2O5S/c1-11-2-5-13(6-3-11)32(28,29)26-25-16(27)14-8-12(30-9-17(19,20)21)4-7-15(14)31-10-18(22,23)24/h2-8,26H,9-10H2,1H3,(H,25,27). The number of carbonyl (C=O) groups is 1. The number of nitrogens with one attached hydrogen (secondary N) is 2. The molecule has 2 N–H and O–H groups in total. The van der Waals surface area contributed by atoms with Crippen molar-refractivity contribution in [2.75, 3.05) is 13.2 Å². The van der Waals surface area contributed by atoms with E-state index in [2.05, 4.69) is 9.47 Å². The Kier molecular flexibility index (Phi) is 7.62. The highest BCUT2D eigenvalue weighted by Crippen LogP contribution is 2.27.